The predicted octanol–water partition coefficient (Wildman–Crippen LogP) is 4.65. The number of rotatable bonds is 6. The molecule has 3 aromatic heterocycles. The second-order valence-electron chi connectivity index (χ2n) is 11.1. The molecule has 0 saturated carbocycles. The smallest absolute Gasteiger partial charge is 0.272 e. The molecule has 0 N–H and O–H groups in total. The molecule has 7 rings (SSSR count). The van der Waals surface area contributed by atoms with Gasteiger partial charge in [0.15, 0.2) is 0 Å². The van der Waals surface area contributed by atoms with Gasteiger partial charge in [0, 0.05) is 31.6 Å². The van der Waals surface area contributed by atoms with E-state index in [4.69, 9.17) is 9.72 Å². The van der Waals surface area contributed by atoms with Crippen LogP contribution in [-0.2, 0) is 6.61 Å². The highest BCUT2D eigenvalue weighted by Gasteiger charge is 2.27. The normalized spacial score (nSPS) is 15.8. The number of carbonyl (C=O) groups excluding carboxylic acids is 2. The van der Waals surface area contributed by atoms with Crippen molar-refractivity contribution in [3.8, 4) is 5.75 Å². The molecule has 2 aliphatic heterocycles. The van der Waals surface area contributed by atoms with Crippen molar-refractivity contribution in [1.82, 2.24) is 29.7 Å². The summed E-state index contributed by atoms with van der Waals surface area (Å²) in [6, 6.07) is 15.3. The fourth-order valence-corrected chi connectivity index (χ4v) is 6.68. The summed E-state index contributed by atoms with van der Waals surface area (Å²) in [5.74, 6) is 0.399. The van der Waals surface area contributed by atoms with Gasteiger partial charge in [0.2, 0.25) is 0 Å². The summed E-state index contributed by atoms with van der Waals surface area (Å²) in [6.07, 6.45) is 6.90. The summed E-state index contributed by atoms with van der Waals surface area (Å²) >= 11 is 1.61. The fraction of sp³-hybridized carbons (Fsp3) is 0.344. The standard InChI is InChI=1S/C32H33N7O3S/c1-22-19-33-39(20-22)38-15-13-37(14-16-38)32(41)28-18-25(31(40)36-11-5-2-6-12-36)24-17-23(9-10-26(24)34-28)42-21-30-35-27-7-3-4-8-29(27)43-30/h3-4,7-10,17-20H,2,5-6,11-16,21H2,1H3. The molecule has 0 atom stereocenters. The number of para-hydroxylation sites is 1. The third kappa shape index (κ3) is 5.64. The van der Waals surface area contributed by atoms with Crippen molar-refractivity contribution < 1.29 is 14.3 Å². The number of amides is 2. The zero-order valence-electron chi connectivity index (χ0n) is 24.1. The van der Waals surface area contributed by atoms with Gasteiger partial charge in [0.25, 0.3) is 11.8 Å². The number of piperidine rings is 1. The average molecular weight is 596 g/mol. The van der Waals surface area contributed by atoms with Gasteiger partial charge in [0.1, 0.15) is 23.1 Å². The third-order valence-corrected chi connectivity index (χ3v) is 9.12. The van der Waals surface area contributed by atoms with Crippen LogP contribution >= 0.6 is 11.3 Å². The monoisotopic (exact) mass is 595 g/mol. The Morgan fingerprint density at radius 2 is 1.65 bits per heavy atom. The number of ether oxygens (including phenoxy) is 1. The fourth-order valence-electron chi connectivity index (χ4n) is 5.79. The summed E-state index contributed by atoms with van der Waals surface area (Å²) in [5.41, 5.74) is 3.43. The molecule has 10 nitrogen and oxygen atoms in total. The van der Waals surface area contributed by atoms with E-state index < -0.39 is 0 Å². The highest BCUT2D eigenvalue weighted by atomic mass is 32.1. The van der Waals surface area contributed by atoms with Crippen LogP contribution < -0.4 is 9.75 Å². The number of piperazine rings is 1. The maximum absolute atomic E-state index is 13.9. The van der Waals surface area contributed by atoms with Gasteiger partial charge < -0.3 is 14.5 Å². The summed E-state index contributed by atoms with van der Waals surface area (Å²) in [4.78, 5) is 42.5. The Balaban J connectivity index is 1.15. The number of likely N-dealkylation sites (tertiary alicyclic amines) is 1. The minimum atomic E-state index is -0.165. The van der Waals surface area contributed by atoms with Crippen molar-refractivity contribution in [1.29, 1.82) is 0 Å². The molecular formula is C32H33N7O3S. The van der Waals surface area contributed by atoms with E-state index in [1.165, 1.54) is 0 Å². The minimum absolute atomic E-state index is 0.0663. The Morgan fingerprint density at radius 3 is 2.42 bits per heavy atom. The van der Waals surface area contributed by atoms with E-state index in [-0.39, 0.29) is 11.8 Å². The third-order valence-electron chi connectivity index (χ3n) is 8.11. The van der Waals surface area contributed by atoms with Crippen molar-refractivity contribution in [3.63, 3.8) is 0 Å². The highest BCUT2D eigenvalue weighted by molar-refractivity contribution is 7.18. The summed E-state index contributed by atoms with van der Waals surface area (Å²) in [7, 11) is 0. The quantitative estimate of drug-likeness (QED) is 0.282. The molecule has 5 heterocycles. The van der Waals surface area contributed by atoms with Crippen LogP contribution in [0.3, 0.4) is 0 Å². The van der Waals surface area contributed by atoms with Gasteiger partial charge in [0.05, 0.1) is 46.8 Å². The predicted molar refractivity (Wildman–Crippen MR) is 166 cm³/mol. The molecule has 0 spiro atoms. The maximum Gasteiger partial charge on any atom is 0.272 e. The van der Waals surface area contributed by atoms with E-state index in [2.05, 4.69) is 21.2 Å². The first-order valence-electron chi connectivity index (χ1n) is 14.8. The number of aromatic nitrogens is 4. The van der Waals surface area contributed by atoms with E-state index in [9.17, 15) is 9.59 Å². The van der Waals surface area contributed by atoms with Crippen LogP contribution in [-0.4, -0.2) is 80.7 Å². The van der Waals surface area contributed by atoms with E-state index in [1.54, 1.807) is 17.4 Å². The molecular weight excluding hydrogens is 562 g/mol. The van der Waals surface area contributed by atoms with Crippen LogP contribution in [0.15, 0.2) is 60.9 Å². The second-order valence-corrected chi connectivity index (χ2v) is 12.3. The zero-order chi connectivity index (χ0) is 29.3. The summed E-state index contributed by atoms with van der Waals surface area (Å²) in [6.45, 7) is 6.19. The molecule has 2 amide bonds. The number of hydrogen-bond acceptors (Lipinski definition) is 8. The van der Waals surface area contributed by atoms with Crippen molar-refractivity contribution in [2.24, 2.45) is 0 Å². The molecule has 5 aromatic rings. The van der Waals surface area contributed by atoms with Crippen LogP contribution in [0, 0.1) is 6.92 Å². The largest absolute Gasteiger partial charge is 0.486 e. The van der Waals surface area contributed by atoms with E-state index in [0.29, 0.717) is 73.8 Å². The highest BCUT2D eigenvalue weighted by Crippen LogP contribution is 2.28. The van der Waals surface area contributed by atoms with Crippen molar-refractivity contribution in [2.75, 3.05) is 44.3 Å². The van der Waals surface area contributed by atoms with Gasteiger partial charge in [-0.3, -0.25) is 14.6 Å². The van der Waals surface area contributed by atoms with Crippen LogP contribution in [0.4, 0.5) is 0 Å². The second kappa shape index (κ2) is 11.6. The number of aryl methyl sites for hydroxylation is 1. The van der Waals surface area contributed by atoms with Crippen LogP contribution in [0.5, 0.6) is 5.75 Å². The molecule has 0 unspecified atom stereocenters. The molecule has 0 bridgehead atoms. The lowest BCUT2D eigenvalue weighted by Gasteiger charge is -2.35. The minimum Gasteiger partial charge on any atom is -0.486 e. The Morgan fingerprint density at radius 1 is 0.860 bits per heavy atom. The molecule has 2 aliphatic rings. The lowest BCUT2D eigenvalue weighted by atomic mass is 10.0. The topological polar surface area (TPSA) is 96.7 Å². The van der Waals surface area contributed by atoms with Crippen molar-refractivity contribution in [3.05, 3.63) is 82.8 Å². The Kier molecular flexibility index (Phi) is 7.40. The van der Waals surface area contributed by atoms with Crippen molar-refractivity contribution >= 4 is 44.3 Å². The number of thiazole rings is 1. The first-order chi connectivity index (χ1) is 21.0. The first kappa shape index (κ1) is 27.3. The molecule has 11 heteroatoms. The molecule has 0 aliphatic carbocycles. The lowest BCUT2D eigenvalue weighted by Crippen LogP contribution is -2.53. The molecule has 0 radical (unpaired) electrons. The van der Waals surface area contributed by atoms with E-state index >= 15 is 0 Å². The number of carbonyl (C=O) groups is 2. The molecule has 220 valence electrons. The number of fused-ring (bicyclic) bond motifs is 2. The SMILES string of the molecule is Cc1cnn(N2CCN(C(=O)c3cc(C(=O)N4CCCCC4)c4cc(OCc5nc6ccccc6s5)ccc4n3)CC2)c1. The van der Waals surface area contributed by atoms with Crippen LogP contribution in [0.2, 0.25) is 0 Å². The van der Waals surface area contributed by atoms with E-state index in [0.717, 1.165) is 40.1 Å². The van der Waals surface area contributed by atoms with Gasteiger partial charge >= 0.3 is 0 Å². The van der Waals surface area contributed by atoms with Crippen molar-refractivity contribution in [2.45, 2.75) is 32.8 Å². The van der Waals surface area contributed by atoms with E-state index in [1.807, 2.05) is 70.3 Å². The number of hydrogen-bond donors (Lipinski definition) is 0. The van der Waals surface area contributed by atoms with Gasteiger partial charge in [-0.2, -0.15) is 9.89 Å². The number of pyridine rings is 1. The molecule has 43 heavy (non-hydrogen) atoms. The Bertz CT molecular complexity index is 1770. The van der Waals surface area contributed by atoms with Gasteiger partial charge in [-0.05, 0) is 68.1 Å². The molecule has 2 fully saturated rings. The van der Waals surface area contributed by atoms with Crippen LogP contribution in [0.25, 0.3) is 21.1 Å². The average Bonchev–Trinajstić information content (AvgIpc) is 3.69. The van der Waals surface area contributed by atoms with Gasteiger partial charge in [-0.25, -0.2) is 9.97 Å². The maximum atomic E-state index is 13.9. The molecule has 2 aromatic carbocycles. The Hall–Kier alpha value is -4.51. The molecule has 2 saturated heterocycles. The zero-order valence-corrected chi connectivity index (χ0v) is 24.9. The number of benzene rings is 2. The van der Waals surface area contributed by atoms with Gasteiger partial charge in [-0.15, -0.1) is 11.3 Å². The first-order valence-corrected chi connectivity index (χ1v) is 15.6. The van der Waals surface area contributed by atoms with Gasteiger partial charge in [-0.1, -0.05) is 12.1 Å². The summed E-state index contributed by atoms with van der Waals surface area (Å²) in [5, 5.41) is 8.08. The Labute approximate surface area is 253 Å². The number of nitrogens with zero attached hydrogens (tertiary/aromatic N) is 7. The summed E-state index contributed by atoms with van der Waals surface area (Å²) < 4.78 is 7.26. The lowest BCUT2D eigenvalue weighted by molar-refractivity contribution is 0.0725. The van der Waals surface area contributed by atoms with Crippen LogP contribution in [0.1, 0.15) is 50.7 Å².